The molecule has 1 saturated carbocycles. The van der Waals surface area contributed by atoms with Gasteiger partial charge in [0.05, 0.1) is 12.3 Å². The third-order valence-electron chi connectivity index (χ3n) is 3.51. The molecule has 0 bridgehead atoms. The van der Waals surface area contributed by atoms with Gasteiger partial charge in [-0.05, 0) is 37.7 Å². The van der Waals surface area contributed by atoms with E-state index in [9.17, 15) is 0 Å². The van der Waals surface area contributed by atoms with Crippen LogP contribution in [0.2, 0.25) is 0 Å². The number of hydrogen-bond acceptors (Lipinski definition) is 4. The van der Waals surface area contributed by atoms with E-state index in [4.69, 9.17) is 15.2 Å². The molecule has 0 aromatic carbocycles. The number of nitrogens with two attached hydrogens (primary N) is 1. The second-order valence-electron chi connectivity index (χ2n) is 5.98. The molecular formula is C16H26N2O2. The monoisotopic (exact) mass is 278 g/mol. The van der Waals surface area contributed by atoms with Gasteiger partial charge in [0.15, 0.2) is 0 Å². The van der Waals surface area contributed by atoms with Crippen LogP contribution in [0.25, 0.3) is 0 Å². The second kappa shape index (κ2) is 7.36. The Bertz CT molecular complexity index is 413. The summed E-state index contributed by atoms with van der Waals surface area (Å²) in [6.07, 6.45) is 7.65. The lowest BCUT2D eigenvalue weighted by molar-refractivity contribution is 0.172. The van der Waals surface area contributed by atoms with Crippen molar-refractivity contribution in [2.24, 2.45) is 5.92 Å². The molecule has 1 fully saturated rings. The largest absolute Gasteiger partial charge is 0.476 e. The minimum atomic E-state index is 0.284. The van der Waals surface area contributed by atoms with E-state index in [-0.39, 0.29) is 6.10 Å². The van der Waals surface area contributed by atoms with Crippen molar-refractivity contribution in [2.75, 3.05) is 12.3 Å². The first-order valence-electron chi connectivity index (χ1n) is 7.71. The third kappa shape index (κ3) is 4.58. The molecule has 2 N–H and O–H groups in total. The fraction of sp³-hybridized carbons (Fsp3) is 0.688. The number of hydrogen-bond donors (Lipinski definition) is 1. The average molecular weight is 278 g/mol. The molecule has 1 heterocycles. The van der Waals surface area contributed by atoms with Crippen LogP contribution in [0, 0.1) is 5.92 Å². The van der Waals surface area contributed by atoms with Crippen molar-refractivity contribution in [1.82, 2.24) is 4.98 Å². The smallest absolute Gasteiger partial charge is 0.240 e. The highest BCUT2D eigenvalue weighted by Crippen LogP contribution is 2.26. The Morgan fingerprint density at radius 2 is 1.90 bits per heavy atom. The van der Waals surface area contributed by atoms with Gasteiger partial charge in [-0.1, -0.05) is 26.7 Å². The van der Waals surface area contributed by atoms with E-state index >= 15 is 0 Å². The Kier molecular flexibility index (Phi) is 5.50. The molecule has 2 rings (SSSR count). The normalized spacial score (nSPS) is 16.9. The maximum Gasteiger partial charge on any atom is 0.240 e. The predicted molar refractivity (Wildman–Crippen MR) is 81.1 cm³/mol. The van der Waals surface area contributed by atoms with Crippen LogP contribution >= 0.6 is 0 Å². The van der Waals surface area contributed by atoms with Crippen LogP contribution < -0.4 is 15.2 Å². The van der Waals surface area contributed by atoms with Gasteiger partial charge in [-0.15, -0.1) is 0 Å². The molecule has 0 radical (unpaired) electrons. The molecule has 112 valence electrons. The van der Waals surface area contributed by atoms with Crippen LogP contribution in [0.4, 0.5) is 5.69 Å². The summed E-state index contributed by atoms with van der Waals surface area (Å²) in [5.74, 6) is 1.57. The highest BCUT2D eigenvalue weighted by Gasteiger charge is 2.15. The van der Waals surface area contributed by atoms with E-state index in [0.29, 0.717) is 30.0 Å². The van der Waals surface area contributed by atoms with Gasteiger partial charge in [0.2, 0.25) is 11.8 Å². The van der Waals surface area contributed by atoms with Crippen molar-refractivity contribution in [3.63, 3.8) is 0 Å². The Labute approximate surface area is 121 Å². The molecule has 0 spiro atoms. The lowest BCUT2D eigenvalue weighted by atomic mass is 10.1. The molecule has 1 aliphatic rings. The van der Waals surface area contributed by atoms with Gasteiger partial charge < -0.3 is 15.2 Å². The topological polar surface area (TPSA) is 57.4 Å². The standard InChI is InChI=1S/C16H26N2O2/c1-12(2)11-19-16-14(17)9-10-15(18-16)20-13-7-5-3-4-6-8-13/h9-10,12-13H,3-8,11,17H2,1-2H3. The summed E-state index contributed by atoms with van der Waals surface area (Å²) in [7, 11) is 0. The molecule has 1 aliphatic carbocycles. The number of nitrogen functional groups attached to an aromatic ring is 1. The molecule has 0 atom stereocenters. The average Bonchev–Trinajstić information content (AvgIpc) is 2.68. The summed E-state index contributed by atoms with van der Waals surface area (Å²) in [6, 6.07) is 3.65. The minimum absolute atomic E-state index is 0.284. The van der Waals surface area contributed by atoms with Crippen LogP contribution in [0.15, 0.2) is 12.1 Å². The van der Waals surface area contributed by atoms with Gasteiger partial charge in [0.25, 0.3) is 0 Å². The molecule has 4 heteroatoms. The molecule has 1 aromatic rings. The zero-order valence-corrected chi connectivity index (χ0v) is 12.6. The molecule has 0 saturated heterocycles. The quantitative estimate of drug-likeness (QED) is 0.832. The van der Waals surface area contributed by atoms with Crippen molar-refractivity contribution >= 4 is 5.69 Å². The fourth-order valence-electron chi connectivity index (χ4n) is 2.39. The molecule has 4 nitrogen and oxygen atoms in total. The Morgan fingerprint density at radius 1 is 1.20 bits per heavy atom. The lowest BCUT2D eigenvalue weighted by Crippen LogP contribution is -2.16. The summed E-state index contributed by atoms with van der Waals surface area (Å²) in [6.45, 7) is 4.81. The van der Waals surface area contributed by atoms with Gasteiger partial charge in [0, 0.05) is 6.07 Å². The first kappa shape index (κ1) is 14.9. The summed E-state index contributed by atoms with van der Waals surface area (Å²) in [5, 5.41) is 0. The second-order valence-corrected chi connectivity index (χ2v) is 5.98. The van der Waals surface area contributed by atoms with Crippen molar-refractivity contribution < 1.29 is 9.47 Å². The van der Waals surface area contributed by atoms with Crippen LogP contribution in [-0.4, -0.2) is 17.7 Å². The SMILES string of the molecule is CC(C)COc1nc(OC2CCCCCC2)ccc1N. The number of nitrogens with zero attached hydrogens (tertiary/aromatic N) is 1. The number of ether oxygens (including phenoxy) is 2. The van der Waals surface area contributed by atoms with Gasteiger partial charge >= 0.3 is 0 Å². The van der Waals surface area contributed by atoms with Crippen LogP contribution in [0.5, 0.6) is 11.8 Å². The molecule has 20 heavy (non-hydrogen) atoms. The zero-order valence-electron chi connectivity index (χ0n) is 12.6. The Balaban J connectivity index is 1.98. The van der Waals surface area contributed by atoms with Crippen molar-refractivity contribution in [2.45, 2.75) is 58.5 Å². The highest BCUT2D eigenvalue weighted by atomic mass is 16.5. The van der Waals surface area contributed by atoms with Crippen molar-refractivity contribution in [1.29, 1.82) is 0 Å². The van der Waals surface area contributed by atoms with Crippen molar-refractivity contribution in [3.8, 4) is 11.8 Å². The maximum absolute atomic E-state index is 5.99. The van der Waals surface area contributed by atoms with E-state index in [0.717, 1.165) is 12.8 Å². The first-order valence-corrected chi connectivity index (χ1v) is 7.71. The summed E-state index contributed by atoms with van der Waals surface area (Å²) in [5.41, 5.74) is 6.46. The minimum Gasteiger partial charge on any atom is -0.476 e. The van der Waals surface area contributed by atoms with Crippen LogP contribution in [-0.2, 0) is 0 Å². The molecular weight excluding hydrogens is 252 g/mol. The van der Waals surface area contributed by atoms with E-state index in [2.05, 4.69) is 18.8 Å². The summed E-state index contributed by atoms with van der Waals surface area (Å²) in [4.78, 5) is 4.40. The Hall–Kier alpha value is -1.45. The molecule has 0 unspecified atom stereocenters. The highest BCUT2D eigenvalue weighted by molar-refractivity contribution is 5.49. The first-order chi connectivity index (χ1) is 9.65. The maximum atomic E-state index is 5.99. The van der Waals surface area contributed by atoms with E-state index in [1.807, 2.05) is 12.1 Å². The summed E-state index contributed by atoms with van der Waals surface area (Å²) >= 11 is 0. The number of rotatable bonds is 5. The molecule has 0 amide bonds. The zero-order chi connectivity index (χ0) is 14.4. The summed E-state index contributed by atoms with van der Waals surface area (Å²) < 4.78 is 11.6. The van der Waals surface area contributed by atoms with Gasteiger partial charge in [-0.2, -0.15) is 4.98 Å². The molecule has 0 aliphatic heterocycles. The fourth-order valence-corrected chi connectivity index (χ4v) is 2.39. The van der Waals surface area contributed by atoms with Gasteiger partial charge in [0.1, 0.15) is 6.10 Å². The van der Waals surface area contributed by atoms with E-state index in [1.54, 1.807) is 0 Å². The van der Waals surface area contributed by atoms with Gasteiger partial charge in [-0.3, -0.25) is 0 Å². The number of aromatic nitrogens is 1. The predicted octanol–water partition coefficient (Wildman–Crippen LogP) is 3.80. The number of pyridine rings is 1. The Morgan fingerprint density at radius 3 is 2.55 bits per heavy atom. The lowest BCUT2D eigenvalue weighted by Gasteiger charge is -2.17. The van der Waals surface area contributed by atoms with Gasteiger partial charge in [-0.25, -0.2) is 0 Å². The number of anilines is 1. The van der Waals surface area contributed by atoms with Crippen molar-refractivity contribution in [3.05, 3.63) is 12.1 Å². The molecule has 1 aromatic heterocycles. The van der Waals surface area contributed by atoms with E-state index < -0.39 is 0 Å². The van der Waals surface area contributed by atoms with Crippen LogP contribution in [0.1, 0.15) is 52.4 Å². The van der Waals surface area contributed by atoms with Crippen LogP contribution in [0.3, 0.4) is 0 Å². The van der Waals surface area contributed by atoms with E-state index in [1.165, 1.54) is 25.7 Å². The third-order valence-corrected chi connectivity index (χ3v) is 3.51.